The topological polar surface area (TPSA) is 186 Å². The standard InChI is InChI=1S/C12H20O11/c13-1-3-5(15)7(17)8(18)12(22-3)23-10-6(16)4(2-14)21-11(20)9(10)19/h3-10,12-19H,1-2H2/t3-,4-,5-,6-,7+,8-,9-,10+,12+/m1/s1. The minimum Gasteiger partial charge on any atom is -0.455 e. The van der Waals surface area contributed by atoms with Crippen LogP contribution in [0.3, 0.4) is 0 Å². The van der Waals surface area contributed by atoms with E-state index in [1.165, 1.54) is 0 Å². The highest BCUT2D eigenvalue weighted by Gasteiger charge is 2.50. The summed E-state index contributed by atoms with van der Waals surface area (Å²) < 4.78 is 14.8. The van der Waals surface area contributed by atoms with Crippen LogP contribution < -0.4 is 0 Å². The zero-order valence-electron chi connectivity index (χ0n) is 11.9. The van der Waals surface area contributed by atoms with Crippen LogP contribution in [0.2, 0.25) is 0 Å². The number of carbonyl (C=O) groups is 1. The molecule has 2 aliphatic rings. The summed E-state index contributed by atoms with van der Waals surface area (Å²) in [6.45, 7) is -1.42. The molecule has 134 valence electrons. The van der Waals surface area contributed by atoms with Crippen molar-refractivity contribution in [3.05, 3.63) is 0 Å². The van der Waals surface area contributed by atoms with Gasteiger partial charge in [0.15, 0.2) is 18.5 Å². The molecule has 9 atom stereocenters. The molecule has 0 aliphatic carbocycles. The summed E-state index contributed by atoms with van der Waals surface area (Å²) in [7, 11) is 0. The van der Waals surface area contributed by atoms with Crippen molar-refractivity contribution in [2.75, 3.05) is 13.2 Å². The van der Waals surface area contributed by atoms with Crippen LogP contribution in [0.25, 0.3) is 0 Å². The summed E-state index contributed by atoms with van der Waals surface area (Å²) >= 11 is 0. The van der Waals surface area contributed by atoms with Crippen LogP contribution >= 0.6 is 0 Å². The van der Waals surface area contributed by atoms with Crippen molar-refractivity contribution in [1.29, 1.82) is 0 Å². The molecule has 0 amide bonds. The van der Waals surface area contributed by atoms with Crippen molar-refractivity contribution in [3.8, 4) is 0 Å². The van der Waals surface area contributed by atoms with Crippen LogP contribution in [0, 0.1) is 0 Å². The van der Waals surface area contributed by atoms with E-state index in [0.29, 0.717) is 0 Å². The van der Waals surface area contributed by atoms with E-state index in [1.54, 1.807) is 0 Å². The van der Waals surface area contributed by atoms with Crippen molar-refractivity contribution in [2.24, 2.45) is 0 Å². The van der Waals surface area contributed by atoms with Crippen molar-refractivity contribution < 1.29 is 54.8 Å². The van der Waals surface area contributed by atoms with Crippen LogP contribution in [-0.2, 0) is 19.0 Å². The number of rotatable bonds is 4. The summed E-state index contributed by atoms with van der Waals surface area (Å²) in [5, 5.41) is 67.0. The van der Waals surface area contributed by atoms with Gasteiger partial charge in [0, 0.05) is 0 Å². The number of ether oxygens (including phenoxy) is 3. The first-order chi connectivity index (χ1) is 10.8. The third-order valence-corrected chi connectivity index (χ3v) is 3.86. The van der Waals surface area contributed by atoms with Crippen molar-refractivity contribution in [3.63, 3.8) is 0 Å². The summed E-state index contributed by atoms with van der Waals surface area (Å²) in [6.07, 6.45) is -14.5. The Balaban J connectivity index is 2.13. The van der Waals surface area contributed by atoms with Gasteiger partial charge in [0.2, 0.25) is 0 Å². The molecule has 0 bridgehead atoms. The highest BCUT2D eigenvalue weighted by molar-refractivity contribution is 5.76. The number of hydrogen-bond donors (Lipinski definition) is 7. The Morgan fingerprint density at radius 1 is 0.870 bits per heavy atom. The maximum absolute atomic E-state index is 11.5. The van der Waals surface area contributed by atoms with E-state index in [9.17, 15) is 30.3 Å². The first-order valence-electron chi connectivity index (χ1n) is 6.95. The van der Waals surface area contributed by atoms with E-state index in [0.717, 1.165) is 0 Å². The first-order valence-corrected chi connectivity index (χ1v) is 6.95. The molecule has 2 saturated heterocycles. The van der Waals surface area contributed by atoms with Crippen LogP contribution in [0.4, 0.5) is 0 Å². The highest BCUT2D eigenvalue weighted by atomic mass is 16.7. The molecule has 2 heterocycles. The van der Waals surface area contributed by atoms with Crippen LogP contribution in [-0.4, -0.2) is 110 Å². The summed E-state index contributed by atoms with van der Waals surface area (Å²) in [5.41, 5.74) is 0. The van der Waals surface area contributed by atoms with Gasteiger partial charge in [-0.15, -0.1) is 0 Å². The molecule has 0 saturated carbocycles. The van der Waals surface area contributed by atoms with Crippen molar-refractivity contribution >= 4 is 5.97 Å². The molecule has 2 fully saturated rings. The Hall–Kier alpha value is -0.890. The van der Waals surface area contributed by atoms with Gasteiger partial charge >= 0.3 is 5.97 Å². The van der Waals surface area contributed by atoms with E-state index < -0.39 is 74.3 Å². The van der Waals surface area contributed by atoms with Crippen LogP contribution in [0.1, 0.15) is 0 Å². The summed E-state index contributed by atoms with van der Waals surface area (Å²) in [6, 6.07) is 0. The smallest absolute Gasteiger partial charge is 0.338 e. The van der Waals surface area contributed by atoms with Gasteiger partial charge in [-0.25, -0.2) is 4.79 Å². The molecule has 11 nitrogen and oxygen atoms in total. The summed E-state index contributed by atoms with van der Waals surface area (Å²) in [5.74, 6) is -1.15. The lowest BCUT2D eigenvalue weighted by molar-refractivity contribution is -0.330. The highest BCUT2D eigenvalue weighted by Crippen LogP contribution is 2.27. The first kappa shape index (κ1) is 18.4. The van der Waals surface area contributed by atoms with Crippen molar-refractivity contribution in [1.82, 2.24) is 0 Å². The number of carbonyl (C=O) groups excluding carboxylic acids is 1. The quantitative estimate of drug-likeness (QED) is 0.242. The predicted molar refractivity (Wildman–Crippen MR) is 67.6 cm³/mol. The molecule has 0 unspecified atom stereocenters. The molecule has 0 spiro atoms. The van der Waals surface area contributed by atoms with Crippen LogP contribution in [0.15, 0.2) is 0 Å². The molecule has 0 aromatic carbocycles. The molecule has 0 aromatic rings. The van der Waals surface area contributed by atoms with Gasteiger partial charge in [-0.3, -0.25) is 0 Å². The van der Waals surface area contributed by atoms with Gasteiger partial charge < -0.3 is 50.0 Å². The molecular weight excluding hydrogens is 320 g/mol. The average molecular weight is 340 g/mol. The number of aliphatic hydroxyl groups is 7. The van der Waals surface area contributed by atoms with E-state index in [1.807, 2.05) is 0 Å². The van der Waals surface area contributed by atoms with Gasteiger partial charge in [-0.2, -0.15) is 0 Å². The number of hydrogen-bond acceptors (Lipinski definition) is 11. The monoisotopic (exact) mass is 340 g/mol. The minimum atomic E-state index is -1.92. The second-order valence-electron chi connectivity index (χ2n) is 5.39. The Morgan fingerprint density at radius 2 is 1.48 bits per heavy atom. The van der Waals surface area contributed by atoms with E-state index >= 15 is 0 Å². The van der Waals surface area contributed by atoms with Gasteiger partial charge in [0.1, 0.15) is 36.6 Å². The third-order valence-electron chi connectivity index (χ3n) is 3.86. The molecular formula is C12H20O11. The third kappa shape index (κ3) is 3.47. The Bertz CT molecular complexity index is 416. The number of aliphatic hydroxyl groups excluding tert-OH is 7. The summed E-state index contributed by atoms with van der Waals surface area (Å²) in [4.78, 5) is 11.5. The Morgan fingerprint density at radius 3 is 2.04 bits per heavy atom. The fourth-order valence-electron chi connectivity index (χ4n) is 2.46. The van der Waals surface area contributed by atoms with Gasteiger partial charge in [-0.05, 0) is 0 Å². The number of cyclic esters (lactones) is 1. The molecule has 0 aromatic heterocycles. The molecule has 7 N–H and O–H groups in total. The molecule has 0 radical (unpaired) electrons. The zero-order chi connectivity index (χ0) is 17.3. The second kappa shape index (κ2) is 7.34. The maximum Gasteiger partial charge on any atom is 0.338 e. The predicted octanol–water partition coefficient (Wildman–Crippen LogP) is -5.19. The molecule has 2 rings (SSSR count). The van der Waals surface area contributed by atoms with E-state index in [4.69, 9.17) is 19.7 Å². The van der Waals surface area contributed by atoms with E-state index in [-0.39, 0.29) is 0 Å². The largest absolute Gasteiger partial charge is 0.455 e. The van der Waals surface area contributed by atoms with Gasteiger partial charge in [0.05, 0.1) is 13.2 Å². The number of esters is 1. The second-order valence-corrected chi connectivity index (χ2v) is 5.39. The van der Waals surface area contributed by atoms with Gasteiger partial charge in [-0.1, -0.05) is 0 Å². The van der Waals surface area contributed by atoms with Crippen LogP contribution in [0.5, 0.6) is 0 Å². The van der Waals surface area contributed by atoms with Gasteiger partial charge in [0.25, 0.3) is 0 Å². The lowest BCUT2D eigenvalue weighted by Gasteiger charge is -2.43. The van der Waals surface area contributed by atoms with E-state index in [2.05, 4.69) is 4.74 Å². The fourth-order valence-corrected chi connectivity index (χ4v) is 2.46. The van der Waals surface area contributed by atoms with Crippen molar-refractivity contribution in [2.45, 2.75) is 55.1 Å². The zero-order valence-corrected chi connectivity index (χ0v) is 11.9. The normalized spacial score (nSPS) is 48.1. The lowest BCUT2D eigenvalue weighted by Crippen LogP contribution is -2.63. The lowest BCUT2D eigenvalue weighted by atomic mass is 9.97. The fraction of sp³-hybridized carbons (Fsp3) is 0.917. The molecule has 23 heavy (non-hydrogen) atoms. The SMILES string of the molecule is O=C1O[C@H](CO)[C@@H](O)[C@H](O[C@@H]2O[C@H](CO)[C@@H](O)[C@H](O)[C@H]2O)[C@H]1O. The molecule has 2 aliphatic heterocycles. The minimum absolute atomic E-state index is 0.693. The molecule has 11 heteroatoms. The Labute approximate surface area is 130 Å². The maximum atomic E-state index is 11.5. The Kier molecular flexibility index (Phi) is 5.89. The average Bonchev–Trinajstić information content (AvgIpc) is 2.54.